The Morgan fingerprint density at radius 2 is 1.75 bits per heavy atom. The first kappa shape index (κ1) is 16.6. The molecule has 1 heterocycles. The number of hydrogen-bond donors (Lipinski definition) is 0. The quantitative estimate of drug-likeness (QED) is 0.802. The first-order valence-corrected chi connectivity index (χ1v) is 7.29. The number of pyridine rings is 1. The molecule has 1 amide bonds. The highest BCUT2D eigenvalue weighted by Gasteiger charge is 2.17. The molecule has 1 aromatic heterocycles. The monoisotopic (exact) mass is 277 g/mol. The van der Waals surface area contributed by atoms with Crippen molar-refractivity contribution >= 4 is 11.7 Å². The van der Waals surface area contributed by atoms with E-state index in [1.165, 1.54) is 0 Å². The molecular formula is C16H27N3O. The number of anilines is 1. The van der Waals surface area contributed by atoms with Gasteiger partial charge in [0.25, 0.3) is 0 Å². The van der Waals surface area contributed by atoms with Crippen molar-refractivity contribution < 1.29 is 4.79 Å². The largest absolute Gasteiger partial charge is 0.297 e. The standard InChI is InChI=1S/C16H27N3O/c1-12(2)18(13(3)4)9-10-19(15(6)20)16-8-7-14(5)11-17-16/h7-8,11-13H,9-10H2,1-6H3. The Balaban J connectivity index is 2.78. The van der Waals surface area contributed by atoms with Gasteiger partial charge in [-0.05, 0) is 46.2 Å². The Labute approximate surface area is 122 Å². The number of aryl methyl sites for hydroxylation is 1. The van der Waals surface area contributed by atoms with E-state index in [1.807, 2.05) is 19.1 Å². The number of aromatic nitrogens is 1. The Bertz CT molecular complexity index is 418. The van der Waals surface area contributed by atoms with Gasteiger partial charge in [0.2, 0.25) is 5.91 Å². The van der Waals surface area contributed by atoms with Crippen LogP contribution in [-0.2, 0) is 4.79 Å². The number of nitrogens with zero attached hydrogens (tertiary/aromatic N) is 3. The molecule has 4 heteroatoms. The van der Waals surface area contributed by atoms with E-state index in [0.29, 0.717) is 18.6 Å². The molecule has 0 saturated heterocycles. The fourth-order valence-corrected chi connectivity index (χ4v) is 2.38. The summed E-state index contributed by atoms with van der Waals surface area (Å²) in [5.41, 5.74) is 1.10. The first-order chi connectivity index (χ1) is 9.32. The topological polar surface area (TPSA) is 36.4 Å². The van der Waals surface area contributed by atoms with E-state index in [0.717, 1.165) is 17.9 Å². The van der Waals surface area contributed by atoms with Crippen LogP contribution in [-0.4, -0.2) is 41.0 Å². The smallest absolute Gasteiger partial charge is 0.225 e. The summed E-state index contributed by atoms with van der Waals surface area (Å²) in [6.45, 7) is 13.8. The molecule has 0 fully saturated rings. The molecule has 0 aliphatic carbocycles. The molecular weight excluding hydrogens is 250 g/mol. The lowest BCUT2D eigenvalue weighted by molar-refractivity contribution is -0.116. The minimum atomic E-state index is 0.0359. The third kappa shape index (κ3) is 4.60. The Kier molecular flexibility index (Phi) is 6.14. The zero-order valence-corrected chi connectivity index (χ0v) is 13.6. The van der Waals surface area contributed by atoms with Gasteiger partial charge in [0.1, 0.15) is 5.82 Å². The van der Waals surface area contributed by atoms with Gasteiger partial charge in [0, 0.05) is 38.3 Å². The van der Waals surface area contributed by atoms with E-state index in [9.17, 15) is 4.79 Å². The highest BCUT2D eigenvalue weighted by atomic mass is 16.2. The van der Waals surface area contributed by atoms with Crippen molar-refractivity contribution in [1.29, 1.82) is 0 Å². The van der Waals surface area contributed by atoms with Gasteiger partial charge in [-0.3, -0.25) is 14.6 Å². The van der Waals surface area contributed by atoms with Gasteiger partial charge in [-0.2, -0.15) is 0 Å². The zero-order valence-electron chi connectivity index (χ0n) is 13.6. The predicted octanol–water partition coefficient (Wildman–Crippen LogP) is 2.86. The third-order valence-corrected chi connectivity index (χ3v) is 3.46. The van der Waals surface area contributed by atoms with E-state index in [2.05, 4.69) is 37.6 Å². The Morgan fingerprint density at radius 1 is 1.15 bits per heavy atom. The fourth-order valence-electron chi connectivity index (χ4n) is 2.38. The van der Waals surface area contributed by atoms with E-state index >= 15 is 0 Å². The van der Waals surface area contributed by atoms with Crippen LogP contribution >= 0.6 is 0 Å². The maximum absolute atomic E-state index is 11.8. The van der Waals surface area contributed by atoms with E-state index in [-0.39, 0.29) is 5.91 Å². The molecule has 1 rings (SSSR count). The zero-order chi connectivity index (χ0) is 15.3. The SMILES string of the molecule is CC(=O)N(CCN(C(C)C)C(C)C)c1ccc(C)cn1. The van der Waals surface area contributed by atoms with Crippen molar-refractivity contribution in [2.45, 2.75) is 53.6 Å². The lowest BCUT2D eigenvalue weighted by atomic mass is 10.2. The van der Waals surface area contributed by atoms with Crippen molar-refractivity contribution in [2.24, 2.45) is 0 Å². The maximum Gasteiger partial charge on any atom is 0.225 e. The van der Waals surface area contributed by atoms with Crippen molar-refractivity contribution in [2.75, 3.05) is 18.0 Å². The van der Waals surface area contributed by atoms with Crippen LogP contribution in [0.4, 0.5) is 5.82 Å². The van der Waals surface area contributed by atoms with Crippen LogP contribution in [0.25, 0.3) is 0 Å². The van der Waals surface area contributed by atoms with Crippen molar-refractivity contribution in [3.8, 4) is 0 Å². The van der Waals surface area contributed by atoms with E-state index in [1.54, 1.807) is 18.0 Å². The van der Waals surface area contributed by atoms with Gasteiger partial charge >= 0.3 is 0 Å². The minimum Gasteiger partial charge on any atom is -0.297 e. The van der Waals surface area contributed by atoms with Gasteiger partial charge in [0.05, 0.1) is 0 Å². The van der Waals surface area contributed by atoms with Crippen LogP contribution in [0, 0.1) is 6.92 Å². The molecule has 0 unspecified atom stereocenters. The predicted molar refractivity (Wildman–Crippen MR) is 84.0 cm³/mol. The number of rotatable bonds is 6. The molecule has 0 aliphatic heterocycles. The van der Waals surface area contributed by atoms with Crippen LogP contribution in [0.1, 0.15) is 40.2 Å². The number of amides is 1. The van der Waals surface area contributed by atoms with E-state index < -0.39 is 0 Å². The summed E-state index contributed by atoms with van der Waals surface area (Å²) in [5.74, 6) is 0.768. The average molecular weight is 277 g/mol. The van der Waals surface area contributed by atoms with Gasteiger partial charge in [-0.15, -0.1) is 0 Å². The van der Waals surface area contributed by atoms with Crippen LogP contribution in [0.5, 0.6) is 0 Å². The molecule has 1 aromatic rings. The minimum absolute atomic E-state index is 0.0359. The third-order valence-electron chi connectivity index (χ3n) is 3.46. The molecule has 0 bridgehead atoms. The van der Waals surface area contributed by atoms with Crippen LogP contribution in [0.15, 0.2) is 18.3 Å². The molecule has 0 spiro atoms. The Morgan fingerprint density at radius 3 is 2.15 bits per heavy atom. The highest BCUT2D eigenvalue weighted by molar-refractivity contribution is 5.90. The fraction of sp³-hybridized carbons (Fsp3) is 0.625. The summed E-state index contributed by atoms with van der Waals surface area (Å²) >= 11 is 0. The Hall–Kier alpha value is -1.42. The first-order valence-electron chi connectivity index (χ1n) is 7.29. The molecule has 4 nitrogen and oxygen atoms in total. The second kappa shape index (κ2) is 7.39. The van der Waals surface area contributed by atoms with Crippen molar-refractivity contribution in [1.82, 2.24) is 9.88 Å². The lowest BCUT2D eigenvalue weighted by Crippen LogP contribution is -2.44. The second-order valence-electron chi connectivity index (χ2n) is 5.79. The van der Waals surface area contributed by atoms with Crippen LogP contribution in [0.3, 0.4) is 0 Å². The number of carbonyl (C=O) groups excluding carboxylic acids is 1. The molecule has 0 N–H and O–H groups in total. The molecule has 0 aromatic carbocycles. The highest BCUT2D eigenvalue weighted by Crippen LogP contribution is 2.13. The molecule has 0 radical (unpaired) electrons. The van der Waals surface area contributed by atoms with Gasteiger partial charge in [-0.25, -0.2) is 4.98 Å². The summed E-state index contributed by atoms with van der Waals surface area (Å²) in [6.07, 6.45) is 1.80. The average Bonchev–Trinajstić information content (AvgIpc) is 2.34. The van der Waals surface area contributed by atoms with Crippen LogP contribution in [0.2, 0.25) is 0 Å². The second-order valence-corrected chi connectivity index (χ2v) is 5.79. The van der Waals surface area contributed by atoms with Crippen molar-refractivity contribution in [3.05, 3.63) is 23.9 Å². The molecule has 0 saturated carbocycles. The van der Waals surface area contributed by atoms with Gasteiger partial charge in [0.15, 0.2) is 0 Å². The van der Waals surface area contributed by atoms with Crippen molar-refractivity contribution in [3.63, 3.8) is 0 Å². The maximum atomic E-state index is 11.8. The number of hydrogen-bond acceptors (Lipinski definition) is 3. The number of carbonyl (C=O) groups is 1. The molecule has 0 atom stereocenters. The summed E-state index contributed by atoms with van der Waals surface area (Å²) in [7, 11) is 0. The van der Waals surface area contributed by atoms with E-state index in [4.69, 9.17) is 0 Å². The van der Waals surface area contributed by atoms with Crippen LogP contribution < -0.4 is 4.90 Å². The van der Waals surface area contributed by atoms with Gasteiger partial charge < -0.3 is 0 Å². The summed E-state index contributed by atoms with van der Waals surface area (Å²) in [5, 5.41) is 0. The normalized spacial score (nSPS) is 11.4. The summed E-state index contributed by atoms with van der Waals surface area (Å²) < 4.78 is 0. The lowest BCUT2D eigenvalue weighted by Gasteiger charge is -2.32. The molecule has 112 valence electrons. The summed E-state index contributed by atoms with van der Waals surface area (Å²) in [4.78, 5) is 20.3. The molecule has 0 aliphatic rings. The van der Waals surface area contributed by atoms with Gasteiger partial charge in [-0.1, -0.05) is 6.07 Å². The summed E-state index contributed by atoms with van der Waals surface area (Å²) in [6, 6.07) is 4.83. The molecule has 20 heavy (non-hydrogen) atoms.